The predicted molar refractivity (Wildman–Crippen MR) is 119 cm³/mol. The summed E-state index contributed by atoms with van der Waals surface area (Å²) in [6.07, 6.45) is -0.778. The van der Waals surface area contributed by atoms with Gasteiger partial charge in [0.2, 0.25) is 5.78 Å². The van der Waals surface area contributed by atoms with Gasteiger partial charge in [0.05, 0.1) is 0 Å². The van der Waals surface area contributed by atoms with Gasteiger partial charge in [-0.1, -0.05) is 66.7 Å². The molecule has 6 nitrogen and oxygen atoms in total. The highest BCUT2D eigenvalue weighted by atomic mass is 32.2. The summed E-state index contributed by atoms with van der Waals surface area (Å²) < 4.78 is 31.9. The van der Waals surface area contributed by atoms with E-state index in [1.54, 1.807) is 72.1 Å². The first-order valence-corrected chi connectivity index (χ1v) is 12.0. The monoisotopic (exact) mass is 457 g/mol. The van der Waals surface area contributed by atoms with Crippen molar-refractivity contribution in [3.05, 3.63) is 89.3 Å². The van der Waals surface area contributed by atoms with Crippen molar-refractivity contribution in [2.75, 3.05) is 13.6 Å². The van der Waals surface area contributed by atoms with E-state index in [-0.39, 0.29) is 29.4 Å². The van der Waals surface area contributed by atoms with Crippen LogP contribution in [0.25, 0.3) is 0 Å². The SMILES string of the molecule is CN(CCCC(=O)OC(C(=O)c1ccccc1)c1ccccc1)S(=O)(=O)c1cccs1. The standard InChI is InChI=1S/C23H23NO5S2/c1-24(31(27,28)21-15-9-17-30-21)16-8-14-20(25)29-23(19-12-6-3-7-13-19)22(26)18-10-4-2-5-11-18/h2-7,9-13,15,17,23H,8,14,16H2,1H3. The van der Waals surface area contributed by atoms with E-state index in [2.05, 4.69) is 0 Å². The summed E-state index contributed by atoms with van der Waals surface area (Å²) in [6.45, 7) is 0.165. The summed E-state index contributed by atoms with van der Waals surface area (Å²) in [6, 6.07) is 20.7. The second-order valence-corrected chi connectivity index (χ2v) is 10.1. The van der Waals surface area contributed by atoms with Crippen LogP contribution in [0.5, 0.6) is 0 Å². The Kier molecular flexibility index (Phi) is 7.73. The van der Waals surface area contributed by atoms with Crippen LogP contribution in [0.3, 0.4) is 0 Å². The Morgan fingerprint density at radius 3 is 2.23 bits per heavy atom. The van der Waals surface area contributed by atoms with Crippen molar-refractivity contribution in [2.24, 2.45) is 0 Å². The lowest BCUT2D eigenvalue weighted by Crippen LogP contribution is -2.28. The predicted octanol–water partition coefficient (Wildman–Crippen LogP) is 4.32. The molecule has 3 rings (SSSR count). The zero-order valence-corrected chi connectivity index (χ0v) is 18.6. The van der Waals surface area contributed by atoms with Gasteiger partial charge in [0.15, 0.2) is 6.10 Å². The molecule has 1 unspecified atom stereocenters. The van der Waals surface area contributed by atoms with Crippen molar-refractivity contribution in [3.63, 3.8) is 0 Å². The molecule has 3 aromatic rings. The number of sulfonamides is 1. The highest BCUT2D eigenvalue weighted by Gasteiger charge is 2.26. The minimum Gasteiger partial charge on any atom is -0.449 e. The van der Waals surface area contributed by atoms with Gasteiger partial charge in [0, 0.05) is 31.1 Å². The van der Waals surface area contributed by atoms with Crippen LogP contribution in [-0.4, -0.2) is 38.1 Å². The topological polar surface area (TPSA) is 80.8 Å². The van der Waals surface area contributed by atoms with Gasteiger partial charge in [-0.2, -0.15) is 0 Å². The van der Waals surface area contributed by atoms with E-state index >= 15 is 0 Å². The van der Waals surface area contributed by atoms with Crippen LogP contribution in [0.15, 0.2) is 82.4 Å². The van der Waals surface area contributed by atoms with E-state index in [0.717, 1.165) is 11.3 Å². The first kappa shape index (κ1) is 22.9. The molecule has 0 amide bonds. The van der Waals surface area contributed by atoms with Crippen LogP contribution in [-0.2, 0) is 19.6 Å². The third kappa shape index (κ3) is 5.88. The van der Waals surface area contributed by atoms with E-state index in [4.69, 9.17) is 4.74 Å². The van der Waals surface area contributed by atoms with Crippen LogP contribution >= 0.6 is 11.3 Å². The molecule has 0 radical (unpaired) electrons. The van der Waals surface area contributed by atoms with Gasteiger partial charge >= 0.3 is 5.97 Å². The number of benzene rings is 2. The molecule has 0 saturated carbocycles. The second-order valence-electron chi connectivity index (χ2n) is 6.87. The molecular weight excluding hydrogens is 434 g/mol. The van der Waals surface area contributed by atoms with E-state index < -0.39 is 22.1 Å². The van der Waals surface area contributed by atoms with Gasteiger partial charge in [0.1, 0.15) is 4.21 Å². The molecule has 0 fully saturated rings. The minimum atomic E-state index is -3.56. The summed E-state index contributed by atoms with van der Waals surface area (Å²) in [5.74, 6) is -0.863. The fourth-order valence-electron chi connectivity index (χ4n) is 2.98. The number of Topliss-reactive ketones (excluding diaryl/α,β-unsaturated/α-hetero) is 1. The normalized spacial score (nSPS) is 12.5. The first-order valence-electron chi connectivity index (χ1n) is 9.73. The smallest absolute Gasteiger partial charge is 0.306 e. The lowest BCUT2D eigenvalue weighted by Gasteiger charge is -2.18. The number of nitrogens with zero attached hydrogens (tertiary/aromatic N) is 1. The Bertz CT molecular complexity index is 1100. The number of esters is 1. The summed E-state index contributed by atoms with van der Waals surface area (Å²) in [7, 11) is -2.09. The largest absolute Gasteiger partial charge is 0.449 e. The lowest BCUT2D eigenvalue weighted by atomic mass is 10.00. The van der Waals surface area contributed by atoms with Crippen molar-refractivity contribution in [1.82, 2.24) is 4.31 Å². The van der Waals surface area contributed by atoms with Gasteiger partial charge in [-0.25, -0.2) is 12.7 Å². The summed E-state index contributed by atoms with van der Waals surface area (Å²) in [4.78, 5) is 25.4. The molecule has 1 heterocycles. The van der Waals surface area contributed by atoms with Crippen LogP contribution < -0.4 is 0 Å². The molecule has 1 aromatic heterocycles. The van der Waals surface area contributed by atoms with Gasteiger partial charge < -0.3 is 4.74 Å². The number of carbonyl (C=O) groups excluding carboxylic acids is 2. The fourth-order valence-corrected chi connectivity index (χ4v) is 5.39. The number of thiophene rings is 1. The maximum atomic E-state index is 13.0. The number of ether oxygens (including phenoxy) is 1. The quantitative estimate of drug-likeness (QED) is 0.335. The molecule has 2 aromatic carbocycles. The van der Waals surface area contributed by atoms with Crippen molar-refractivity contribution in [2.45, 2.75) is 23.2 Å². The highest BCUT2D eigenvalue weighted by Crippen LogP contribution is 2.24. The molecule has 0 aliphatic heterocycles. The average Bonchev–Trinajstić information content (AvgIpc) is 3.34. The molecule has 0 bridgehead atoms. The van der Waals surface area contributed by atoms with E-state index in [9.17, 15) is 18.0 Å². The fraction of sp³-hybridized carbons (Fsp3) is 0.217. The summed E-state index contributed by atoms with van der Waals surface area (Å²) in [5.41, 5.74) is 1.04. The molecule has 1 atom stereocenters. The maximum absolute atomic E-state index is 13.0. The lowest BCUT2D eigenvalue weighted by molar-refractivity contribution is -0.147. The molecule has 0 N–H and O–H groups in total. The van der Waals surface area contributed by atoms with Crippen LogP contribution in [0.1, 0.15) is 34.9 Å². The van der Waals surface area contributed by atoms with E-state index in [1.807, 2.05) is 6.07 Å². The Morgan fingerprint density at radius 2 is 1.61 bits per heavy atom. The van der Waals surface area contributed by atoms with Crippen LogP contribution in [0, 0.1) is 0 Å². The first-order chi connectivity index (χ1) is 14.9. The van der Waals surface area contributed by atoms with Crippen LogP contribution in [0.4, 0.5) is 0 Å². The summed E-state index contributed by atoms with van der Waals surface area (Å²) in [5, 5.41) is 1.70. The Labute approximate surface area is 186 Å². The van der Waals surface area contributed by atoms with Crippen LogP contribution in [0.2, 0.25) is 0 Å². The third-order valence-corrected chi connectivity index (χ3v) is 7.89. The third-order valence-electron chi connectivity index (χ3n) is 4.66. The van der Waals surface area contributed by atoms with Crippen molar-refractivity contribution >= 4 is 33.1 Å². The molecular formula is C23H23NO5S2. The van der Waals surface area contributed by atoms with Crippen molar-refractivity contribution in [1.29, 1.82) is 0 Å². The number of ketones is 1. The van der Waals surface area contributed by atoms with E-state index in [0.29, 0.717) is 11.1 Å². The average molecular weight is 458 g/mol. The maximum Gasteiger partial charge on any atom is 0.306 e. The molecule has 162 valence electrons. The number of hydrogen-bond acceptors (Lipinski definition) is 6. The van der Waals surface area contributed by atoms with Crippen molar-refractivity contribution in [3.8, 4) is 0 Å². The summed E-state index contributed by atoms with van der Waals surface area (Å²) >= 11 is 1.15. The van der Waals surface area contributed by atoms with Gasteiger partial charge in [0.25, 0.3) is 10.0 Å². The minimum absolute atomic E-state index is 0.00426. The van der Waals surface area contributed by atoms with E-state index in [1.165, 1.54) is 11.4 Å². The second kappa shape index (κ2) is 10.5. The number of rotatable bonds is 10. The molecule has 0 aliphatic rings. The molecule has 31 heavy (non-hydrogen) atoms. The van der Waals surface area contributed by atoms with Gasteiger partial charge in [-0.15, -0.1) is 11.3 Å². The molecule has 0 aliphatic carbocycles. The van der Waals surface area contributed by atoms with Gasteiger partial charge in [-0.05, 0) is 17.9 Å². The zero-order chi connectivity index (χ0) is 22.3. The van der Waals surface area contributed by atoms with Crippen molar-refractivity contribution < 1.29 is 22.7 Å². The molecule has 0 saturated heterocycles. The highest BCUT2D eigenvalue weighted by molar-refractivity contribution is 7.91. The molecule has 0 spiro atoms. The zero-order valence-electron chi connectivity index (χ0n) is 17.0. The molecule has 8 heteroatoms. The number of carbonyl (C=O) groups is 2. The Balaban J connectivity index is 1.62. The Hall–Kier alpha value is -2.81. The van der Waals surface area contributed by atoms with Gasteiger partial charge in [-0.3, -0.25) is 9.59 Å². The Morgan fingerprint density at radius 1 is 0.968 bits per heavy atom. The number of hydrogen-bond donors (Lipinski definition) is 0.